The van der Waals surface area contributed by atoms with E-state index in [0.717, 1.165) is 25.7 Å². The normalized spacial score (nSPS) is 33.3. The minimum atomic E-state index is -1.16. The molecule has 2 saturated heterocycles. The average molecular weight is 460 g/mol. The summed E-state index contributed by atoms with van der Waals surface area (Å²) >= 11 is 0. The fourth-order valence-electron chi connectivity index (χ4n) is 5.94. The summed E-state index contributed by atoms with van der Waals surface area (Å²) in [6.45, 7) is 6.58. The van der Waals surface area contributed by atoms with Crippen LogP contribution >= 0.6 is 0 Å². The summed E-state index contributed by atoms with van der Waals surface area (Å²) in [7, 11) is 0. The number of rotatable bonds is 9. The quantitative estimate of drug-likeness (QED) is 0.415. The number of aliphatic hydroxyl groups is 1. The van der Waals surface area contributed by atoms with Gasteiger partial charge >= 0.3 is 0 Å². The molecule has 1 unspecified atom stereocenters. The van der Waals surface area contributed by atoms with E-state index < -0.39 is 29.6 Å². The summed E-state index contributed by atoms with van der Waals surface area (Å²) in [5.74, 6) is -1.79. The Morgan fingerprint density at radius 1 is 0.939 bits per heavy atom. The monoisotopic (exact) mass is 459 g/mol. The molecule has 0 saturated carbocycles. The number of carbonyl (C=O) groups excluding carboxylic acids is 3. The van der Waals surface area contributed by atoms with Gasteiger partial charge in [-0.3, -0.25) is 14.4 Å². The molecule has 1 spiro atoms. The molecule has 4 aliphatic rings. The van der Waals surface area contributed by atoms with Crippen LogP contribution in [0.4, 0.5) is 0 Å². The zero-order valence-electron chi connectivity index (χ0n) is 19.8. The lowest BCUT2D eigenvalue weighted by atomic mass is 9.77. The Morgan fingerprint density at radius 3 is 2.42 bits per heavy atom. The number of amides is 3. The largest absolute Gasteiger partial charge is 0.396 e. The van der Waals surface area contributed by atoms with E-state index in [4.69, 9.17) is 4.74 Å². The first-order valence-electron chi connectivity index (χ1n) is 12.5. The van der Waals surface area contributed by atoms with Crippen LogP contribution in [0.15, 0.2) is 24.3 Å². The van der Waals surface area contributed by atoms with Crippen molar-refractivity contribution in [1.82, 2.24) is 14.7 Å². The Hall–Kier alpha value is -2.19. The molecule has 8 heteroatoms. The first-order valence-corrected chi connectivity index (χ1v) is 12.5. The molecule has 4 aliphatic heterocycles. The Morgan fingerprint density at radius 2 is 1.70 bits per heavy atom. The van der Waals surface area contributed by atoms with Crippen LogP contribution in [0.3, 0.4) is 0 Å². The number of fused-ring (bicyclic) bond motifs is 2. The Balaban J connectivity index is 1.73. The lowest BCUT2D eigenvalue weighted by Gasteiger charge is -2.35. The Labute approximate surface area is 196 Å². The van der Waals surface area contributed by atoms with E-state index in [1.54, 1.807) is 9.80 Å². The van der Waals surface area contributed by atoms with Crippen LogP contribution in [-0.2, 0) is 19.1 Å². The minimum absolute atomic E-state index is 0.0722. The van der Waals surface area contributed by atoms with Crippen LogP contribution < -0.4 is 0 Å². The van der Waals surface area contributed by atoms with Crippen LogP contribution in [0.2, 0.25) is 0 Å². The first-order chi connectivity index (χ1) is 16.0. The van der Waals surface area contributed by atoms with Crippen molar-refractivity contribution >= 4 is 17.7 Å². The molecule has 182 valence electrons. The predicted octanol–water partition coefficient (Wildman–Crippen LogP) is 1.35. The van der Waals surface area contributed by atoms with Crippen molar-refractivity contribution in [1.29, 1.82) is 0 Å². The van der Waals surface area contributed by atoms with Gasteiger partial charge in [-0.1, -0.05) is 51.0 Å². The fraction of sp³-hybridized carbons (Fsp3) is 0.720. The Kier molecular flexibility index (Phi) is 7.24. The van der Waals surface area contributed by atoms with Gasteiger partial charge in [-0.05, 0) is 19.3 Å². The first kappa shape index (κ1) is 24.0. The van der Waals surface area contributed by atoms with E-state index in [1.165, 1.54) is 0 Å². The molecule has 4 heterocycles. The molecule has 0 aromatic heterocycles. The van der Waals surface area contributed by atoms with Gasteiger partial charge in [0.1, 0.15) is 11.6 Å². The SMILES string of the molecule is CCCCCN1CC=C[C@]23O[C@H]4C=CCN(CCC)C(=O)[C@H]4[C@H]2C(=O)N(CCCO)C3C1=O. The van der Waals surface area contributed by atoms with Crippen molar-refractivity contribution in [3.8, 4) is 0 Å². The van der Waals surface area contributed by atoms with Crippen molar-refractivity contribution in [2.75, 3.05) is 39.3 Å². The van der Waals surface area contributed by atoms with E-state index in [1.807, 2.05) is 36.1 Å². The second kappa shape index (κ2) is 9.97. The third-order valence-corrected chi connectivity index (χ3v) is 7.41. The molecule has 2 fully saturated rings. The number of nitrogens with zero attached hydrogens (tertiary/aromatic N) is 3. The summed E-state index contributed by atoms with van der Waals surface area (Å²) in [5, 5.41) is 9.44. The number of aliphatic hydroxyl groups excluding tert-OH is 1. The number of unbranched alkanes of at least 4 members (excludes halogenated alkanes) is 2. The smallest absolute Gasteiger partial charge is 0.249 e. The summed E-state index contributed by atoms with van der Waals surface area (Å²) in [5.41, 5.74) is -1.16. The highest BCUT2D eigenvalue weighted by Crippen LogP contribution is 2.53. The molecule has 0 aliphatic carbocycles. The third-order valence-electron chi connectivity index (χ3n) is 7.41. The predicted molar refractivity (Wildman–Crippen MR) is 123 cm³/mol. The Bertz CT molecular complexity index is 827. The van der Waals surface area contributed by atoms with Gasteiger partial charge in [-0.15, -0.1) is 0 Å². The van der Waals surface area contributed by atoms with Gasteiger partial charge in [0, 0.05) is 39.3 Å². The van der Waals surface area contributed by atoms with Gasteiger partial charge < -0.3 is 24.5 Å². The molecule has 3 amide bonds. The zero-order chi connectivity index (χ0) is 23.6. The number of hydrogen-bond donors (Lipinski definition) is 1. The van der Waals surface area contributed by atoms with Crippen LogP contribution in [-0.4, -0.2) is 94.6 Å². The van der Waals surface area contributed by atoms with E-state index in [0.29, 0.717) is 32.6 Å². The summed E-state index contributed by atoms with van der Waals surface area (Å²) in [6, 6.07) is -0.810. The van der Waals surface area contributed by atoms with E-state index >= 15 is 0 Å². The van der Waals surface area contributed by atoms with Gasteiger partial charge in [0.15, 0.2) is 0 Å². The summed E-state index contributed by atoms with van der Waals surface area (Å²) < 4.78 is 6.57. The van der Waals surface area contributed by atoms with Crippen LogP contribution in [0.5, 0.6) is 0 Å². The highest BCUT2D eigenvalue weighted by atomic mass is 16.5. The lowest BCUT2D eigenvalue weighted by Crippen LogP contribution is -2.55. The number of likely N-dealkylation sites (tertiary alicyclic amines) is 1. The molecule has 33 heavy (non-hydrogen) atoms. The molecule has 8 nitrogen and oxygen atoms in total. The van der Waals surface area contributed by atoms with Gasteiger partial charge in [0.25, 0.3) is 0 Å². The van der Waals surface area contributed by atoms with Crippen LogP contribution in [0.1, 0.15) is 46.0 Å². The topological polar surface area (TPSA) is 90.4 Å². The van der Waals surface area contributed by atoms with Crippen LogP contribution in [0, 0.1) is 11.8 Å². The minimum Gasteiger partial charge on any atom is -0.396 e. The molecule has 0 aromatic rings. The molecule has 5 atom stereocenters. The van der Waals surface area contributed by atoms with Crippen molar-refractivity contribution in [2.45, 2.75) is 63.7 Å². The lowest BCUT2D eigenvalue weighted by molar-refractivity contribution is -0.148. The summed E-state index contributed by atoms with van der Waals surface area (Å²) in [6.07, 6.45) is 11.3. The molecule has 0 radical (unpaired) electrons. The maximum absolute atomic E-state index is 13.8. The van der Waals surface area contributed by atoms with E-state index in [9.17, 15) is 19.5 Å². The zero-order valence-corrected chi connectivity index (χ0v) is 19.8. The number of ether oxygens (including phenoxy) is 1. The molecular weight excluding hydrogens is 422 g/mol. The third kappa shape index (κ3) is 4.01. The van der Waals surface area contributed by atoms with E-state index in [-0.39, 0.29) is 30.9 Å². The van der Waals surface area contributed by atoms with Crippen molar-refractivity contribution in [2.24, 2.45) is 11.8 Å². The molecule has 0 bridgehead atoms. The van der Waals surface area contributed by atoms with Crippen molar-refractivity contribution in [3.63, 3.8) is 0 Å². The highest BCUT2D eigenvalue weighted by Gasteiger charge is 2.71. The summed E-state index contributed by atoms with van der Waals surface area (Å²) in [4.78, 5) is 46.4. The average Bonchev–Trinajstić information content (AvgIpc) is 3.12. The maximum Gasteiger partial charge on any atom is 0.249 e. The molecule has 4 rings (SSSR count). The second-order valence-electron chi connectivity index (χ2n) is 9.56. The number of carbonyl (C=O) groups is 3. The van der Waals surface area contributed by atoms with Gasteiger partial charge in [0.05, 0.1) is 17.9 Å². The fourth-order valence-corrected chi connectivity index (χ4v) is 5.94. The molecule has 1 N–H and O–H groups in total. The molecule has 0 aromatic carbocycles. The second-order valence-corrected chi connectivity index (χ2v) is 9.56. The number of hydrogen-bond acceptors (Lipinski definition) is 5. The van der Waals surface area contributed by atoms with Crippen molar-refractivity contribution < 1.29 is 24.2 Å². The molecular formula is C25H37N3O5. The van der Waals surface area contributed by atoms with Gasteiger partial charge in [-0.2, -0.15) is 0 Å². The van der Waals surface area contributed by atoms with E-state index in [2.05, 4.69) is 6.92 Å². The van der Waals surface area contributed by atoms with Crippen molar-refractivity contribution in [3.05, 3.63) is 24.3 Å². The van der Waals surface area contributed by atoms with Gasteiger partial charge in [-0.25, -0.2) is 0 Å². The maximum atomic E-state index is 13.8. The van der Waals surface area contributed by atoms with Gasteiger partial charge in [0.2, 0.25) is 17.7 Å². The standard InChI is InChI=1S/C25H37N3O5/c1-3-5-6-13-27-15-8-11-25-20(23(31)28(16-9-17-29)21(25)24(27)32)19-18(33-25)10-7-14-26(12-4-2)22(19)30/h7-8,10-11,18-21,29H,3-6,9,12-17H2,1-2H3/t18-,19+,20-,21?,25-/m0/s1. The highest BCUT2D eigenvalue weighted by molar-refractivity contribution is 5.99. The van der Waals surface area contributed by atoms with Crippen LogP contribution in [0.25, 0.3) is 0 Å².